The van der Waals surface area contributed by atoms with Gasteiger partial charge in [-0.2, -0.15) is 0 Å². The Kier molecular flexibility index (Phi) is 14.0. The molecule has 0 unspecified atom stereocenters. The third kappa shape index (κ3) is 9.47. The van der Waals surface area contributed by atoms with Crippen LogP contribution >= 0.6 is 0 Å². The van der Waals surface area contributed by atoms with E-state index in [1.54, 1.807) is 13.8 Å². The highest BCUT2D eigenvalue weighted by Gasteiger charge is 2.44. The van der Waals surface area contributed by atoms with Gasteiger partial charge in [0, 0.05) is 24.2 Å². The van der Waals surface area contributed by atoms with Crippen LogP contribution in [-0.4, -0.2) is 86.1 Å². The maximum absolute atomic E-state index is 14.4. The lowest BCUT2D eigenvalue weighted by molar-refractivity contribution is -0.135. The zero-order valence-corrected chi connectivity index (χ0v) is 43.9. The summed E-state index contributed by atoms with van der Waals surface area (Å²) in [6.45, 7) is 16.6. The number of hydrogen-bond acceptors (Lipinski definition) is 8. The number of carbonyl (C=O) groups is 4. The van der Waals surface area contributed by atoms with Gasteiger partial charge >= 0.3 is 12.2 Å². The van der Waals surface area contributed by atoms with Crippen molar-refractivity contribution in [3.8, 4) is 44.8 Å². The van der Waals surface area contributed by atoms with Gasteiger partial charge in [0.15, 0.2) is 0 Å². The molecule has 6 aromatic rings. The summed E-state index contributed by atoms with van der Waals surface area (Å²) in [5.41, 5.74) is 15.2. The normalized spacial score (nSPS) is 19.2. The molecule has 2 aromatic heterocycles. The fourth-order valence-corrected chi connectivity index (χ4v) is 12.5. The molecule has 4 aliphatic rings. The van der Waals surface area contributed by atoms with Gasteiger partial charge in [0.05, 0.1) is 49.1 Å². The number of likely N-dealkylation sites (tertiary alicyclic amines) is 2. The van der Waals surface area contributed by atoms with Gasteiger partial charge in [0.1, 0.15) is 23.7 Å². The van der Waals surface area contributed by atoms with Crippen LogP contribution in [0.1, 0.15) is 151 Å². The maximum Gasteiger partial charge on any atom is 0.408 e. The standard InChI is InChI=1S/C60H70N8O6/c1-8-43(65-57(71)73-9-2)55(69)67-30-16-24-46(67)53-61-34-44(63-53)37-20-14-22-39(32-37)48-41-26-28-60(6,7)51(41)49(42-27-29-59(4,5)50(42)48)40-23-15-21-38(33-40)45-35-62-54(64-45)47-25-17-31-68(47)56(70)52(66-58(72)74-10-3)36-18-12-11-13-19-36/h11-15,18-23,32-35,43,46-47,52H,8-10,16-17,24-31H2,1-7H3,(H,61,63)(H,62,64)(H,65,71)(H,66,72)/t43-,46+,47+,52-/m1/s1. The van der Waals surface area contributed by atoms with Gasteiger partial charge in [-0.1, -0.05) is 101 Å². The number of imidazole rings is 2. The van der Waals surface area contributed by atoms with Crippen LogP contribution < -0.4 is 10.6 Å². The second-order valence-electron chi connectivity index (χ2n) is 21.7. The van der Waals surface area contributed by atoms with E-state index in [0.29, 0.717) is 25.1 Å². The van der Waals surface area contributed by atoms with Crippen molar-refractivity contribution in [3.05, 3.63) is 131 Å². The molecule has 74 heavy (non-hydrogen) atoms. The van der Waals surface area contributed by atoms with Crippen LogP contribution in [0.5, 0.6) is 0 Å². The average Bonchev–Trinajstić information content (AvgIpc) is 4.29. The van der Waals surface area contributed by atoms with E-state index >= 15 is 0 Å². The Morgan fingerprint density at radius 1 is 0.635 bits per heavy atom. The molecule has 386 valence electrons. The molecule has 4 atom stereocenters. The van der Waals surface area contributed by atoms with Crippen LogP contribution in [0.25, 0.3) is 44.8 Å². The van der Waals surface area contributed by atoms with Crippen LogP contribution in [0, 0.1) is 0 Å². The summed E-state index contributed by atoms with van der Waals surface area (Å²) < 4.78 is 10.3. The first kappa shape index (κ1) is 50.3. The topological polar surface area (TPSA) is 175 Å². The average molecular weight is 999 g/mol. The first-order chi connectivity index (χ1) is 35.7. The molecular formula is C60H70N8O6. The van der Waals surface area contributed by atoms with Crippen molar-refractivity contribution in [2.24, 2.45) is 0 Å². The molecule has 2 aliphatic carbocycles. The third-order valence-electron chi connectivity index (χ3n) is 16.1. The monoisotopic (exact) mass is 999 g/mol. The number of nitrogens with zero attached hydrogens (tertiary/aromatic N) is 4. The minimum Gasteiger partial charge on any atom is -0.450 e. The Morgan fingerprint density at radius 3 is 1.59 bits per heavy atom. The minimum absolute atomic E-state index is 0.0683. The Labute approximate surface area is 434 Å². The number of H-pyrrole nitrogens is 2. The zero-order valence-electron chi connectivity index (χ0n) is 43.9. The van der Waals surface area contributed by atoms with Crippen LogP contribution in [0.15, 0.2) is 91.3 Å². The molecule has 2 saturated heterocycles. The van der Waals surface area contributed by atoms with Crippen LogP contribution in [0.4, 0.5) is 9.59 Å². The summed E-state index contributed by atoms with van der Waals surface area (Å²) >= 11 is 0. The Bertz CT molecular complexity index is 3080. The SMILES string of the molecule is CCOC(=O)N[C@H](CC)C(=O)N1CCC[C@H]1c1ncc(-c2cccc(-c3c4c(c(-c5cccc(-c6cnc([C@@H]7CCCN7C(=O)[C@H](NC(=O)OCC)c7ccccc7)[nH]6)c5)c5c3C(C)(C)CC5)C(C)(C)CC4)c2)[nH]1. The second kappa shape index (κ2) is 20.6. The summed E-state index contributed by atoms with van der Waals surface area (Å²) in [6, 6.07) is 25.0. The van der Waals surface area contributed by atoms with Gasteiger partial charge in [-0.05, 0) is 145 Å². The van der Waals surface area contributed by atoms with E-state index in [1.807, 2.05) is 59.4 Å². The molecule has 4 amide bonds. The molecule has 14 heteroatoms. The van der Waals surface area contributed by atoms with E-state index in [1.165, 1.54) is 44.5 Å². The fraction of sp³-hybridized carbons (Fsp3) is 0.433. The highest BCUT2D eigenvalue weighted by atomic mass is 16.6. The number of ether oxygens (including phenoxy) is 2. The van der Waals surface area contributed by atoms with Crippen molar-refractivity contribution in [3.63, 3.8) is 0 Å². The second-order valence-corrected chi connectivity index (χ2v) is 21.7. The van der Waals surface area contributed by atoms with Crippen molar-refractivity contribution in [2.75, 3.05) is 26.3 Å². The van der Waals surface area contributed by atoms with Crippen molar-refractivity contribution in [1.82, 2.24) is 40.4 Å². The van der Waals surface area contributed by atoms with Gasteiger partial charge in [-0.25, -0.2) is 19.6 Å². The fourth-order valence-electron chi connectivity index (χ4n) is 12.5. The summed E-state index contributed by atoms with van der Waals surface area (Å²) in [6.07, 6.45) is 10.3. The molecule has 14 nitrogen and oxygen atoms in total. The first-order valence-corrected chi connectivity index (χ1v) is 26.8. The number of alkyl carbamates (subject to hydrolysis) is 2. The number of rotatable bonds is 14. The Balaban J connectivity index is 0.963. The number of benzene rings is 4. The number of amides is 4. The van der Waals surface area contributed by atoms with Crippen molar-refractivity contribution >= 4 is 24.0 Å². The lowest BCUT2D eigenvalue weighted by atomic mass is 9.73. The molecule has 4 aromatic carbocycles. The highest BCUT2D eigenvalue weighted by molar-refractivity contribution is 5.90. The summed E-state index contributed by atoms with van der Waals surface area (Å²) in [5.74, 6) is 1.16. The van der Waals surface area contributed by atoms with Gasteiger partial charge < -0.3 is 39.9 Å². The molecular weight excluding hydrogens is 929 g/mol. The third-order valence-corrected chi connectivity index (χ3v) is 16.1. The molecule has 0 radical (unpaired) electrons. The van der Waals surface area contributed by atoms with Crippen LogP contribution in [0.2, 0.25) is 0 Å². The number of aromatic nitrogens is 4. The van der Waals surface area contributed by atoms with Crippen LogP contribution in [0.3, 0.4) is 0 Å². The maximum atomic E-state index is 14.4. The van der Waals surface area contributed by atoms with Crippen molar-refractivity contribution in [1.29, 1.82) is 0 Å². The van der Waals surface area contributed by atoms with Crippen LogP contribution in [-0.2, 0) is 42.7 Å². The molecule has 0 saturated carbocycles. The van der Waals surface area contributed by atoms with E-state index in [-0.39, 0.29) is 47.9 Å². The number of carbonyl (C=O) groups excluding carboxylic acids is 4. The Hall–Kier alpha value is -7.22. The molecule has 4 N–H and O–H groups in total. The predicted octanol–water partition coefficient (Wildman–Crippen LogP) is 11.6. The summed E-state index contributed by atoms with van der Waals surface area (Å²) in [4.78, 5) is 73.9. The van der Waals surface area contributed by atoms with Gasteiger partial charge in [-0.3, -0.25) is 9.59 Å². The predicted molar refractivity (Wildman–Crippen MR) is 286 cm³/mol. The first-order valence-electron chi connectivity index (χ1n) is 26.8. The lowest BCUT2D eigenvalue weighted by Gasteiger charge is -2.31. The quantitative estimate of drug-likeness (QED) is 0.0834. The lowest BCUT2D eigenvalue weighted by Crippen LogP contribution is -2.48. The largest absolute Gasteiger partial charge is 0.450 e. The van der Waals surface area contributed by atoms with Gasteiger partial charge in [0.25, 0.3) is 5.91 Å². The molecule has 0 spiro atoms. The molecule has 2 fully saturated rings. The molecule has 2 aliphatic heterocycles. The number of nitrogens with one attached hydrogen (secondary N) is 4. The van der Waals surface area contributed by atoms with E-state index in [4.69, 9.17) is 19.4 Å². The van der Waals surface area contributed by atoms with E-state index in [9.17, 15) is 19.2 Å². The van der Waals surface area contributed by atoms with E-state index in [2.05, 4.69) is 96.8 Å². The number of aromatic amines is 2. The smallest absolute Gasteiger partial charge is 0.408 e. The molecule has 0 bridgehead atoms. The van der Waals surface area contributed by atoms with E-state index < -0.39 is 24.3 Å². The van der Waals surface area contributed by atoms with E-state index in [0.717, 1.165) is 85.5 Å². The van der Waals surface area contributed by atoms with Crippen molar-refractivity contribution in [2.45, 2.75) is 141 Å². The zero-order chi connectivity index (χ0) is 51.9. The number of hydrogen-bond donors (Lipinski definition) is 4. The van der Waals surface area contributed by atoms with Gasteiger partial charge in [-0.15, -0.1) is 0 Å². The summed E-state index contributed by atoms with van der Waals surface area (Å²) in [7, 11) is 0. The molecule has 10 rings (SSSR count). The summed E-state index contributed by atoms with van der Waals surface area (Å²) in [5, 5.41) is 5.58. The minimum atomic E-state index is -0.892. The molecule has 4 heterocycles. The highest BCUT2D eigenvalue weighted by Crippen LogP contribution is 2.57. The number of fused-ring (bicyclic) bond motifs is 2. The van der Waals surface area contributed by atoms with Crippen molar-refractivity contribution < 1.29 is 28.7 Å². The Morgan fingerprint density at radius 2 is 1.11 bits per heavy atom. The van der Waals surface area contributed by atoms with Gasteiger partial charge in [0.2, 0.25) is 5.91 Å².